The van der Waals surface area contributed by atoms with Crippen molar-refractivity contribution >= 4 is 38.8 Å². The van der Waals surface area contributed by atoms with Gasteiger partial charge in [-0.25, -0.2) is 0 Å². The van der Waals surface area contributed by atoms with Crippen LogP contribution in [0.2, 0.25) is 0 Å². The molecule has 0 spiro atoms. The lowest BCUT2D eigenvalue weighted by molar-refractivity contribution is 0.258. The van der Waals surface area contributed by atoms with Gasteiger partial charge in [-0.1, -0.05) is 28.1 Å². The van der Waals surface area contributed by atoms with Gasteiger partial charge in [0.05, 0.1) is 0 Å². The largest absolute Gasteiger partial charge is 0.389 e. The fourth-order valence-corrected chi connectivity index (χ4v) is 3.09. The molecule has 1 aromatic rings. The van der Waals surface area contributed by atoms with Crippen molar-refractivity contribution in [3.63, 3.8) is 0 Å². The van der Waals surface area contributed by atoms with Gasteiger partial charge in [0.1, 0.15) is 4.99 Å². The Bertz CT molecular complexity index is 476. The first-order valence-corrected chi connectivity index (χ1v) is 7.70. The van der Waals surface area contributed by atoms with Gasteiger partial charge < -0.3 is 15.5 Å². The first-order chi connectivity index (χ1) is 8.99. The molecule has 0 aliphatic carbocycles. The van der Waals surface area contributed by atoms with Crippen LogP contribution in [0.1, 0.15) is 18.4 Å². The van der Waals surface area contributed by atoms with Crippen LogP contribution in [0.3, 0.4) is 0 Å². The second-order valence-electron chi connectivity index (χ2n) is 5.23. The van der Waals surface area contributed by atoms with Crippen molar-refractivity contribution in [3.05, 3.63) is 28.2 Å². The van der Waals surface area contributed by atoms with Crippen LogP contribution >= 0.6 is 28.1 Å². The van der Waals surface area contributed by atoms with Gasteiger partial charge in [-0.2, -0.15) is 0 Å². The maximum Gasteiger partial charge on any atom is 0.106 e. The molecule has 0 radical (unpaired) electrons. The summed E-state index contributed by atoms with van der Waals surface area (Å²) in [5.74, 6) is 0. The van der Waals surface area contributed by atoms with Crippen molar-refractivity contribution in [2.45, 2.75) is 18.9 Å². The minimum absolute atomic E-state index is 0.467. The third-order valence-corrected chi connectivity index (χ3v) is 4.41. The van der Waals surface area contributed by atoms with E-state index >= 15 is 0 Å². The number of nitrogens with two attached hydrogens (primary N) is 1. The quantitative estimate of drug-likeness (QED) is 0.856. The molecule has 1 saturated heterocycles. The van der Waals surface area contributed by atoms with Crippen LogP contribution < -0.4 is 10.6 Å². The smallest absolute Gasteiger partial charge is 0.106 e. The molecule has 1 fully saturated rings. The first kappa shape index (κ1) is 14.8. The Morgan fingerprint density at radius 1 is 1.47 bits per heavy atom. The molecule has 3 nitrogen and oxygen atoms in total. The Morgan fingerprint density at radius 2 is 2.21 bits per heavy atom. The van der Waals surface area contributed by atoms with Crippen molar-refractivity contribution < 1.29 is 0 Å². The van der Waals surface area contributed by atoms with Crippen LogP contribution in [0.4, 0.5) is 5.69 Å². The third-order valence-electron chi connectivity index (χ3n) is 3.69. The lowest BCUT2D eigenvalue weighted by Crippen LogP contribution is -2.45. The third kappa shape index (κ3) is 3.46. The normalized spacial score (nSPS) is 19.8. The number of benzene rings is 1. The molecule has 1 unspecified atom stereocenters. The molecule has 1 atom stereocenters. The van der Waals surface area contributed by atoms with Gasteiger partial charge in [0.2, 0.25) is 0 Å². The van der Waals surface area contributed by atoms with Gasteiger partial charge in [0.15, 0.2) is 0 Å². The second kappa shape index (κ2) is 6.20. The molecule has 1 aliphatic rings. The molecule has 0 amide bonds. The fraction of sp³-hybridized carbons (Fsp3) is 0.500. The molecule has 2 rings (SSSR count). The summed E-state index contributed by atoms with van der Waals surface area (Å²) in [6.45, 7) is 2.09. The Labute approximate surface area is 128 Å². The number of thiocarbonyl (C=S) groups is 1. The van der Waals surface area contributed by atoms with Crippen molar-refractivity contribution in [2.75, 3.05) is 32.1 Å². The number of hydrogen-bond acceptors (Lipinski definition) is 3. The average molecular weight is 342 g/mol. The molecule has 104 valence electrons. The second-order valence-corrected chi connectivity index (χ2v) is 6.59. The average Bonchev–Trinajstić information content (AvgIpc) is 2.38. The predicted molar refractivity (Wildman–Crippen MR) is 89.0 cm³/mol. The summed E-state index contributed by atoms with van der Waals surface area (Å²) in [6, 6.07) is 6.70. The molecule has 1 aliphatic heterocycles. The maximum absolute atomic E-state index is 5.84. The van der Waals surface area contributed by atoms with Gasteiger partial charge in [0, 0.05) is 34.9 Å². The molecule has 1 heterocycles. The molecule has 0 aromatic heterocycles. The van der Waals surface area contributed by atoms with Crippen molar-refractivity contribution in [1.82, 2.24) is 4.90 Å². The summed E-state index contributed by atoms with van der Waals surface area (Å²) in [7, 11) is 4.28. The highest BCUT2D eigenvalue weighted by Gasteiger charge is 2.23. The van der Waals surface area contributed by atoms with Crippen LogP contribution in [0.15, 0.2) is 22.7 Å². The summed E-state index contributed by atoms with van der Waals surface area (Å²) in [5, 5.41) is 0. The summed E-state index contributed by atoms with van der Waals surface area (Å²) in [5.41, 5.74) is 7.96. The Kier molecular flexibility index (Phi) is 4.81. The van der Waals surface area contributed by atoms with E-state index in [0.717, 1.165) is 28.8 Å². The van der Waals surface area contributed by atoms with E-state index < -0.39 is 0 Å². The van der Waals surface area contributed by atoms with Gasteiger partial charge in [-0.15, -0.1) is 0 Å². The van der Waals surface area contributed by atoms with Crippen LogP contribution in [0.5, 0.6) is 0 Å². The highest BCUT2D eigenvalue weighted by molar-refractivity contribution is 9.10. The minimum atomic E-state index is 0.467. The zero-order valence-electron chi connectivity index (χ0n) is 11.4. The van der Waals surface area contributed by atoms with E-state index in [9.17, 15) is 0 Å². The minimum Gasteiger partial charge on any atom is -0.389 e. The Balaban J connectivity index is 2.30. The summed E-state index contributed by atoms with van der Waals surface area (Å²) >= 11 is 8.70. The van der Waals surface area contributed by atoms with Crippen LogP contribution in [-0.4, -0.2) is 43.1 Å². The van der Waals surface area contributed by atoms with E-state index in [1.165, 1.54) is 12.8 Å². The SMILES string of the molecule is CN(C)C1CCCN(c2cc(Br)ccc2C(N)=S)C1. The van der Waals surface area contributed by atoms with Gasteiger partial charge in [-0.3, -0.25) is 0 Å². The van der Waals surface area contributed by atoms with E-state index in [2.05, 4.69) is 45.9 Å². The lowest BCUT2D eigenvalue weighted by atomic mass is 10.0. The molecule has 5 heteroatoms. The molecular weight excluding hydrogens is 322 g/mol. The maximum atomic E-state index is 5.84. The standard InChI is InChI=1S/C14H20BrN3S/c1-17(2)11-4-3-7-18(9-11)13-8-10(15)5-6-12(13)14(16)19/h5-6,8,11H,3-4,7,9H2,1-2H3,(H2,16,19). The molecule has 19 heavy (non-hydrogen) atoms. The number of rotatable bonds is 3. The highest BCUT2D eigenvalue weighted by atomic mass is 79.9. The summed E-state index contributed by atoms with van der Waals surface area (Å²) in [4.78, 5) is 5.16. The molecule has 0 bridgehead atoms. The van der Waals surface area contributed by atoms with Gasteiger partial charge >= 0.3 is 0 Å². The number of nitrogens with zero attached hydrogens (tertiary/aromatic N) is 2. The molecule has 2 N–H and O–H groups in total. The zero-order chi connectivity index (χ0) is 14.0. The van der Waals surface area contributed by atoms with Crippen molar-refractivity contribution in [2.24, 2.45) is 5.73 Å². The molecule has 0 saturated carbocycles. The zero-order valence-corrected chi connectivity index (χ0v) is 13.8. The van der Waals surface area contributed by atoms with Gasteiger partial charge in [0.25, 0.3) is 0 Å². The van der Waals surface area contributed by atoms with E-state index in [1.54, 1.807) is 0 Å². The monoisotopic (exact) mass is 341 g/mol. The van der Waals surface area contributed by atoms with Crippen LogP contribution in [0, 0.1) is 0 Å². The fourth-order valence-electron chi connectivity index (χ4n) is 2.57. The van der Waals surface area contributed by atoms with E-state index in [0.29, 0.717) is 11.0 Å². The Morgan fingerprint density at radius 3 is 2.84 bits per heavy atom. The van der Waals surface area contributed by atoms with E-state index in [-0.39, 0.29) is 0 Å². The lowest BCUT2D eigenvalue weighted by Gasteiger charge is -2.38. The number of halogens is 1. The van der Waals surface area contributed by atoms with Crippen molar-refractivity contribution in [3.8, 4) is 0 Å². The van der Waals surface area contributed by atoms with Crippen LogP contribution in [0.25, 0.3) is 0 Å². The predicted octanol–water partition coefficient (Wildman–Crippen LogP) is 2.61. The highest BCUT2D eigenvalue weighted by Crippen LogP contribution is 2.28. The number of likely N-dealkylation sites (N-methyl/N-ethyl adjacent to an activating group) is 1. The van der Waals surface area contributed by atoms with E-state index in [4.69, 9.17) is 18.0 Å². The number of piperidine rings is 1. The Hall–Kier alpha value is -0.650. The topological polar surface area (TPSA) is 32.5 Å². The number of anilines is 1. The number of hydrogen-bond donors (Lipinski definition) is 1. The molecule has 1 aromatic carbocycles. The summed E-state index contributed by atoms with van der Waals surface area (Å²) in [6.07, 6.45) is 2.45. The van der Waals surface area contributed by atoms with E-state index in [1.807, 2.05) is 12.1 Å². The van der Waals surface area contributed by atoms with Gasteiger partial charge in [-0.05, 0) is 45.1 Å². The molecular formula is C14H20BrN3S. The first-order valence-electron chi connectivity index (χ1n) is 6.50. The van der Waals surface area contributed by atoms with Crippen molar-refractivity contribution in [1.29, 1.82) is 0 Å². The van der Waals surface area contributed by atoms with Crippen LogP contribution in [-0.2, 0) is 0 Å². The summed E-state index contributed by atoms with van der Waals surface area (Å²) < 4.78 is 1.06.